The summed E-state index contributed by atoms with van der Waals surface area (Å²) < 4.78 is 5.71. The molecule has 2 bridgehead atoms. The number of allylic oxidation sites excluding steroid dienone is 2. The van der Waals surface area contributed by atoms with Crippen molar-refractivity contribution >= 4 is 5.97 Å². The Kier molecular flexibility index (Phi) is 2.81. The van der Waals surface area contributed by atoms with E-state index < -0.39 is 17.7 Å². The second-order valence-electron chi connectivity index (χ2n) is 6.71. The first-order valence-corrected chi connectivity index (χ1v) is 7.13. The van der Waals surface area contributed by atoms with Crippen LogP contribution in [0.15, 0.2) is 11.1 Å². The summed E-state index contributed by atoms with van der Waals surface area (Å²) in [5, 5.41) is 19.8. The smallest absolute Gasteiger partial charge is 0.338 e. The van der Waals surface area contributed by atoms with E-state index in [1.165, 1.54) is 11.1 Å². The van der Waals surface area contributed by atoms with E-state index in [1.807, 2.05) is 0 Å². The quantitative estimate of drug-likeness (QED) is 0.713. The van der Waals surface area contributed by atoms with Crippen LogP contribution in [0.3, 0.4) is 0 Å². The largest absolute Gasteiger partial charge is 0.479 e. The van der Waals surface area contributed by atoms with Crippen LogP contribution in [-0.2, 0) is 9.53 Å². The molecule has 3 aliphatic rings. The third kappa shape index (κ3) is 1.69. The molecule has 0 amide bonds. The zero-order chi connectivity index (χ0) is 13.8. The van der Waals surface area contributed by atoms with Gasteiger partial charge < -0.3 is 14.9 Å². The molecule has 3 fully saturated rings. The molecule has 2 saturated carbocycles. The fourth-order valence-corrected chi connectivity index (χ4v) is 4.43. The van der Waals surface area contributed by atoms with Gasteiger partial charge in [-0.15, -0.1) is 0 Å². The zero-order valence-electron chi connectivity index (χ0n) is 11.6. The number of aliphatic carboxylic acids is 1. The van der Waals surface area contributed by atoms with E-state index in [2.05, 4.69) is 13.8 Å². The van der Waals surface area contributed by atoms with Crippen molar-refractivity contribution in [3.05, 3.63) is 11.1 Å². The Morgan fingerprint density at radius 2 is 2.11 bits per heavy atom. The first-order chi connectivity index (χ1) is 8.89. The van der Waals surface area contributed by atoms with E-state index in [1.54, 1.807) is 0 Å². The Labute approximate surface area is 113 Å². The van der Waals surface area contributed by atoms with Crippen molar-refractivity contribution in [1.82, 2.24) is 0 Å². The lowest BCUT2D eigenvalue weighted by Gasteiger charge is -2.31. The minimum absolute atomic E-state index is 0.0806. The van der Waals surface area contributed by atoms with Gasteiger partial charge in [-0.05, 0) is 51.9 Å². The second-order valence-corrected chi connectivity index (χ2v) is 6.71. The van der Waals surface area contributed by atoms with Gasteiger partial charge in [0.05, 0.1) is 12.7 Å². The summed E-state index contributed by atoms with van der Waals surface area (Å²) in [6.07, 6.45) is 3.40. The highest BCUT2D eigenvalue weighted by Crippen LogP contribution is 2.59. The van der Waals surface area contributed by atoms with Gasteiger partial charge in [0.1, 0.15) is 0 Å². The topological polar surface area (TPSA) is 66.8 Å². The average molecular weight is 266 g/mol. The Bertz CT molecular complexity index is 451. The fraction of sp³-hybridized carbons (Fsp3) is 0.800. The number of carbonyl (C=O) groups is 1. The van der Waals surface area contributed by atoms with Crippen LogP contribution in [0.25, 0.3) is 0 Å². The molecule has 1 spiro atoms. The third-order valence-electron chi connectivity index (χ3n) is 5.58. The predicted octanol–water partition coefficient (Wildman–Crippen LogP) is 2.12. The first-order valence-electron chi connectivity index (χ1n) is 7.13. The zero-order valence-corrected chi connectivity index (χ0v) is 11.6. The summed E-state index contributed by atoms with van der Waals surface area (Å²) in [6, 6.07) is 0. The van der Waals surface area contributed by atoms with E-state index in [4.69, 9.17) is 4.74 Å². The van der Waals surface area contributed by atoms with Gasteiger partial charge in [0.15, 0.2) is 5.60 Å². The van der Waals surface area contributed by atoms with Gasteiger partial charge in [-0.1, -0.05) is 11.1 Å². The molecule has 106 valence electrons. The summed E-state index contributed by atoms with van der Waals surface area (Å²) in [6.45, 7) is 4.88. The third-order valence-corrected chi connectivity index (χ3v) is 5.58. The van der Waals surface area contributed by atoms with Crippen LogP contribution in [0.1, 0.15) is 46.0 Å². The Balaban J connectivity index is 1.99. The van der Waals surface area contributed by atoms with Crippen molar-refractivity contribution in [3.63, 3.8) is 0 Å². The SMILES string of the molecule is CC(C)=C1CC[C@]23CO[C@@H](C2)[C@@](O)(C(=O)O)CC[C@@H]13. The minimum atomic E-state index is -1.69. The van der Waals surface area contributed by atoms with E-state index in [0.717, 1.165) is 19.3 Å². The molecule has 1 heterocycles. The molecule has 4 atom stereocenters. The molecule has 2 aliphatic carbocycles. The number of hydrogen-bond donors (Lipinski definition) is 2. The number of hydrogen-bond acceptors (Lipinski definition) is 3. The van der Waals surface area contributed by atoms with Crippen molar-refractivity contribution in [2.45, 2.75) is 57.7 Å². The first kappa shape index (κ1) is 13.1. The number of ether oxygens (including phenoxy) is 1. The molecule has 1 saturated heterocycles. The lowest BCUT2D eigenvalue weighted by Crippen LogP contribution is -2.49. The summed E-state index contributed by atoms with van der Waals surface area (Å²) in [4.78, 5) is 11.4. The molecular formula is C15H22O4. The molecule has 1 aliphatic heterocycles. The highest BCUT2D eigenvalue weighted by molar-refractivity contribution is 5.78. The van der Waals surface area contributed by atoms with Crippen LogP contribution < -0.4 is 0 Å². The van der Waals surface area contributed by atoms with Crippen molar-refractivity contribution in [1.29, 1.82) is 0 Å². The minimum Gasteiger partial charge on any atom is -0.479 e. The van der Waals surface area contributed by atoms with Crippen molar-refractivity contribution < 1.29 is 19.7 Å². The summed E-state index contributed by atoms with van der Waals surface area (Å²) in [5.41, 5.74) is 1.21. The molecule has 19 heavy (non-hydrogen) atoms. The van der Waals surface area contributed by atoms with Gasteiger partial charge in [-0.3, -0.25) is 0 Å². The van der Waals surface area contributed by atoms with E-state index in [0.29, 0.717) is 25.4 Å². The van der Waals surface area contributed by atoms with Crippen LogP contribution in [0.2, 0.25) is 0 Å². The maximum atomic E-state index is 11.4. The van der Waals surface area contributed by atoms with Gasteiger partial charge >= 0.3 is 5.97 Å². The van der Waals surface area contributed by atoms with Gasteiger partial charge in [-0.2, -0.15) is 0 Å². The van der Waals surface area contributed by atoms with Crippen LogP contribution in [0.5, 0.6) is 0 Å². The van der Waals surface area contributed by atoms with Gasteiger partial charge in [0.25, 0.3) is 0 Å². The van der Waals surface area contributed by atoms with Gasteiger partial charge in [0, 0.05) is 5.41 Å². The lowest BCUT2D eigenvalue weighted by molar-refractivity contribution is -0.174. The van der Waals surface area contributed by atoms with E-state index in [-0.39, 0.29) is 5.41 Å². The molecule has 2 N–H and O–H groups in total. The fourth-order valence-electron chi connectivity index (χ4n) is 4.43. The highest BCUT2D eigenvalue weighted by atomic mass is 16.5. The number of rotatable bonds is 1. The Morgan fingerprint density at radius 3 is 2.74 bits per heavy atom. The van der Waals surface area contributed by atoms with Crippen LogP contribution in [0, 0.1) is 11.3 Å². The van der Waals surface area contributed by atoms with E-state index in [9.17, 15) is 15.0 Å². The lowest BCUT2D eigenvalue weighted by atomic mass is 9.74. The molecule has 0 aromatic carbocycles. The van der Waals surface area contributed by atoms with Crippen LogP contribution in [0.4, 0.5) is 0 Å². The number of carboxylic acid groups (broad SMARTS) is 1. The standard InChI is InChI=1S/C15H22O4/c1-9(2)10-3-5-14-7-12(19-8-14)15(18,13(16)17)6-4-11(10)14/h11-12,18H,3-8H2,1-2H3,(H,16,17)/t11-,12-,14+,15+/m0/s1. The van der Waals surface area contributed by atoms with Crippen LogP contribution >= 0.6 is 0 Å². The van der Waals surface area contributed by atoms with Crippen molar-refractivity contribution in [2.75, 3.05) is 6.61 Å². The molecule has 0 radical (unpaired) electrons. The Morgan fingerprint density at radius 1 is 1.37 bits per heavy atom. The summed E-state index contributed by atoms with van der Waals surface area (Å²) >= 11 is 0. The van der Waals surface area contributed by atoms with Gasteiger partial charge in [-0.25, -0.2) is 4.79 Å². The predicted molar refractivity (Wildman–Crippen MR) is 69.7 cm³/mol. The average Bonchev–Trinajstić information content (AvgIpc) is 2.89. The number of aliphatic hydroxyl groups is 1. The molecule has 0 unspecified atom stereocenters. The molecule has 0 aromatic rings. The number of fused-ring (bicyclic) bond motifs is 1. The van der Waals surface area contributed by atoms with Crippen molar-refractivity contribution in [3.8, 4) is 0 Å². The van der Waals surface area contributed by atoms with Crippen LogP contribution in [-0.4, -0.2) is 34.5 Å². The van der Waals surface area contributed by atoms with E-state index >= 15 is 0 Å². The molecule has 4 heteroatoms. The maximum Gasteiger partial charge on any atom is 0.338 e. The molecular weight excluding hydrogens is 244 g/mol. The monoisotopic (exact) mass is 266 g/mol. The molecule has 0 aromatic heterocycles. The Hall–Kier alpha value is -0.870. The highest BCUT2D eigenvalue weighted by Gasteiger charge is 2.60. The normalized spacial score (nSPS) is 44.9. The summed E-state index contributed by atoms with van der Waals surface area (Å²) in [5.74, 6) is -0.732. The summed E-state index contributed by atoms with van der Waals surface area (Å²) in [7, 11) is 0. The van der Waals surface area contributed by atoms with Crippen molar-refractivity contribution in [2.24, 2.45) is 11.3 Å². The molecule has 3 rings (SSSR count). The second kappa shape index (κ2) is 4.06. The van der Waals surface area contributed by atoms with Gasteiger partial charge in [0.2, 0.25) is 0 Å². The number of carboxylic acids is 1. The maximum absolute atomic E-state index is 11.4. The molecule has 4 nitrogen and oxygen atoms in total.